The Kier molecular flexibility index (Phi) is 7.18. The third-order valence-corrected chi connectivity index (χ3v) is 2.08. The van der Waals surface area contributed by atoms with Crippen molar-refractivity contribution in [2.24, 2.45) is 0 Å². The van der Waals surface area contributed by atoms with Crippen LogP contribution in [0.15, 0.2) is 34.9 Å². The van der Waals surface area contributed by atoms with Crippen LogP contribution in [-0.4, -0.2) is 0 Å². The van der Waals surface area contributed by atoms with Crippen LogP contribution in [0.5, 0.6) is 0 Å². The maximum Gasteiger partial charge on any atom is -0.0164 e. The molecule has 80 valence electrons. The number of hydrogen-bond donors (Lipinski definition) is 0. The fourth-order valence-electron chi connectivity index (χ4n) is 1.19. The van der Waals surface area contributed by atoms with Gasteiger partial charge in [-0.2, -0.15) is 0 Å². The van der Waals surface area contributed by atoms with E-state index in [1.165, 1.54) is 29.6 Å². The zero-order valence-corrected chi connectivity index (χ0v) is 10.4. The molecule has 0 aliphatic heterocycles. The minimum Gasteiger partial charge on any atom is -0.0856 e. The summed E-state index contributed by atoms with van der Waals surface area (Å²) in [6.45, 7) is 10.8. The lowest BCUT2D eigenvalue weighted by atomic mass is 10.1. The molecule has 0 rings (SSSR count). The Morgan fingerprint density at radius 3 is 1.86 bits per heavy atom. The van der Waals surface area contributed by atoms with Crippen LogP contribution in [0.1, 0.15) is 53.9 Å². The summed E-state index contributed by atoms with van der Waals surface area (Å²) in [4.78, 5) is 0. The molecule has 0 saturated heterocycles. The molecule has 0 radical (unpaired) electrons. The molecule has 0 fully saturated rings. The van der Waals surface area contributed by atoms with E-state index in [1.54, 1.807) is 0 Å². The van der Waals surface area contributed by atoms with E-state index in [4.69, 9.17) is 0 Å². The molecule has 0 saturated carbocycles. The molecule has 0 atom stereocenters. The fraction of sp³-hybridized carbons (Fsp3) is 0.571. The first-order valence-electron chi connectivity index (χ1n) is 5.44. The van der Waals surface area contributed by atoms with E-state index in [0.717, 1.165) is 6.42 Å². The number of allylic oxidation sites excluding steroid dienone is 6. The van der Waals surface area contributed by atoms with E-state index in [9.17, 15) is 0 Å². The molecule has 14 heavy (non-hydrogen) atoms. The topological polar surface area (TPSA) is 0 Å². The summed E-state index contributed by atoms with van der Waals surface area (Å²) in [5, 5.41) is 0. The molecular formula is C14H24. The molecule has 0 heteroatoms. The summed E-state index contributed by atoms with van der Waals surface area (Å²) >= 11 is 0. The van der Waals surface area contributed by atoms with E-state index < -0.39 is 0 Å². The molecule has 0 aliphatic carbocycles. The van der Waals surface area contributed by atoms with E-state index >= 15 is 0 Å². The van der Waals surface area contributed by atoms with Crippen molar-refractivity contribution in [3.05, 3.63) is 34.9 Å². The summed E-state index contributed by atoms with van der Waals surface area (Å²) in [5.74, 6) is 0. The van der Waals surface area contributed by atoms with Crippen LogP contribution in [0.2, 0.25) is 0 Å². The van der Waals surface area contributed by atoms with Crippen LogP contribution in [-0.2, 0) is 0 Å². The van der Waals surface area contributed by atoms with Crippen molar-refractivity contribution in [1.82, 2.24) is 0 Å². The minimum absolute atomic E-state index is 1.09. The molecule has 0 nitrogen and oxygen atoms in total. The maximum atomic E-state index is 2.33. The van der Waals surface area contributed by atoms with Crippen molar-refractivity contribution in [3.8, 4) is 0 Å². The SMILES string of the molecule is CC(C)=CC/C=C(\C)CCC=C(C)C. The maximum absolute atomic E-state index is 2.33. The lowest BCUT2D eigenvalue weighted by molar-refractivity contribution is 0.958. The van der Waals surface area contributed by atoms with Crippen LogP contribution >= 0.6 is 0 Å². The van der Waals surface area contributed by atoms with Crippen molar-refractivity contribution in [2.75, 3.05) is 0 Å². The molecule has 0 amide bonds. The first-order chi connectivity index (χ1) is 6.52. The highest BCUT2D eigenvalue weighted by molar-refractivity contribution is 5.06. The lowest BCUT2D eigenvalue weighted by Crippen LogP contribution is -1.77. The summed E-state index contributed by atoms with van der Waals surface area (Å²) < 4.78 is 0. The second kappa shape index (κ2) is 7.61. The standard InChI is InChI=1S/C14H24/c1-12(2)8-6-10-14(5)11-7-9-13(3)4/h8-10H,6-7,11H2,1-5H3/b14-10+. The van der Waals surface area contributed by atoms with Gasteiger partial charge >= 0.3 is 0 Å². The van der Waals surface area contributed by atoms with Crippen LogP contribution in [0.4, 0.5) is 0 Å². The normalized spacial score (nSPS) is 11.1. The molecule has 0 N–H and O–H groups in total. The average molecular weight is 192 g/mol. The minimum atomic E-state index is 1.09. The molecule has 0 aromatic heterocycles. The Bertz CT molecular complexity index is 231. The highest BCUT2D eigenvalue weighted by Crippen LogP contribution is 2.08. The Balaban J connectivity index is 3.79. The van der Waals surface area contributed by atoms with Crippen molar-refractivity contribution in [2.45, 2.75) is 53.9 Å². The van der Waals surface area contributed by atoms with Gasteiger partial charge in [0.1, 0.15) is 0 Å². The van der Waals surface area contributed by atoms with Gasteiger partial charge in [0.25, 0.3) is 0 Å². The smallest absolute Gasteiger partial charge is 0.0164 e. The van der Waals surface area contributed by atoms with Crippen LogP contribution in [0, 0.1) is 0 Å². The fourth-order valence-corrected chi connectivity index (χ4v) is 1.19. The predicted molar refractivity (Wildman–Crippen MR) is 66.5 cm³/mol. The highest BCUT2D eigenvalue weighted by Gasteiger charge is 1.87. The van der Waals surface area contributed by atoms with Gasteiger partial charge < -0.3 is 0 Å². The third kappa shape index (κ3) is 9.31. The first kappa shape index (κ1) is 13.2. The second-order valence-corrected chi connectivity index (χ2v) is 4.39. The Labute approximate surface area is 89.4 Å². The Morgan fingerprint density at radius 1 is 0.786 bits per heavy atom. The van der Waals surface area contributed by atoms with Gasteiger partial charge in [0, 0.05) is 0 Å². The molecule has 0 bridgehead atoms. The highest BCUT2D eigenvalue weighted by atomic mass is 13.9. The molecular weight excluding hydrogens is 168 g/mol. The van der Waals surface area contributed by atoms with Gasteiger partial charge in [0.2, 0.25) is 0 Å². The molecule has 0 aliphatic rings. The van der Waals surface area contributed by atoms with Gasteiger partial charge in [-0.05, 0) is 53.9 Å². The molecule has 0 spiro atoms. The number of hydrogen-bond acceptors (Lipinski definition) is 0. The van der Waals surface area contributed by atoms with Crippen LogP contribution < -0.4 is 0 Å². The van der Waals surface area contributed by atoms with Gasteiger partial charge in [-0.25, -0.2) is 0 Å². The van der Waals surface area contributed by atoms with E-state index in [2.05, 4.69) is 52.8 Å². The molecule has 0 aromatic rings. The Hall–Kier alpha value is -0.780. The Morgan fingerprint density at radius 2 is 1.36 bits per heavy atom. The second-order valence-electron chi connectivity index (χ2n) is 4.39. The van der Waals surface area contributed by atoms with Crippen molar-refractivity contribution >= 4 is 0 Å². The van der Waals surface area contributed by atoms with E-state index in [1.807, 2.05) is 0 Å². The molecule has 0 heterocycles. The zero-order valence-electron chi connectivity index (χ0n) is 10.4. The van der Waals surface area contributed by atoms with E-state index in [-0.39, 0.29) is 0 Å². The zero-order chi connectivity index (χ0) is 11.0. The lowest BCUT2D eigenvalue weighted by Gasteiger charge is -1.97. The van der Waals surface area contributed by atoms with Gasteiger partial charge in [-0.15, -0.1) is 0 Å². The molecule has 0 aromatic carbocycles. The summed E-state index contributed by atoms with van der Waals surface area (Å²) in [7, 11) is 0. The predicted octanol–water partition coefficient (Wildman–Crippen LogP) is 5.04. The quantitative estimate of drug-likeness (QED) is 0.536. The molecule has 0 unspecified atom stereocenters. The monoisotopic (exact) mass is 192 g/mol. The average Bonchev–Trinajstić information content (AvgIpc) is 2.02. The summed E-state index contributed by atoms with van der Waals surface area (Å²) in [6.07, 6.45) is 10.4. The van der Waals surface area contributed by atoms with Gasteiger partial charge in [0.05, 0.1) is 0 Å². The van der Waals surface area contributed by atoms with Crippen molar-refractivity contribution < 1.29 is 0 Å². The van der Waals surface area contributed by atoms with Crippen LogP contribution in [0.3, 0.4) is 0 Å². The van der Waals surface area contributed by atoms with Gasteiger partial charge in [-0.1, -0.05) is 34.9 Å². The van der Waals surface area contributed by atoms with Crippen molar-refractivity contribution in [3.63, 3.8) is 0 Å². The number of rotatable bonds is 5. The summed E-state index contributed by atoms with van der Waals surface area (Å²) in [5.41, 5.74) is 4.32. The van der Waals surface area contributed by atoms with Crippen molar-refractivity contribution in [1.29, 1.82) is 0 Å². The van der Waals surface area contributed by atoms with Crippen LogP contribution in [0.25, 0.3) is 0 Å². The summed E-state index contributed by atoms with van der Waals surface area (Å²) in [6, 6.07) is 0. The third-order valence-electron chi connectivity index (χ3n) is 2.08. The largest absolute Gasteiger partial charge is 0.0856 e. The van der Waals surface area contributed by atoms with E-state index in [0.29, 0.717) is 0 Å². The van der Waals surface area contributed by atoms with Gasteiger partial charge in [0.15, 0.2) is 0 Å². The first-order valence-corrected chi connectivity index (χ1v) is 5.44. The van der Waals surface area contributed by atoms with Gasteiger partial charge in [-0.3, -0.25) is 0 Å².